The van der Waals surface area contributed by atoms with Crippen LogP contribution in [0, 0.1) is 6.92 Å². The lowest BCUT2D eigenvalue weighted by Gasteiger charge is -2.17. The van der Waals surface area contributed by atoms with Gasteiger partial charge in [0.2, 0.25) is 13.6 Å². The smallest absolute Gasteiger partial charge is 0.231 e. The first-order valence-corrected chi connectivity index (χ1v) is 12.4. The molecule has 4 nitrogen and oxygen atoms in total. The summed E-state index contributed by atoms with van der Waals surface area (Å²) < 4.78 is 23.1. The van der Waals surface area contributed by atoms with Gasteiger partial charge in [-0.2, -0.15) is 0 Å². The van der Waals surface area contributed by atoms with Crippen LogP contribution in [0.3, 0.4) is 0 Å². The molecule has 0 saturated carbocycles. The molecule has 0 saturated heterocycles. The molecule has 0 atom stereocenters. The number of fused-ring (bicyclic) bond motifs is 8. The standard InChI is InChI=1S/C33H22O4/c1-19-13-27-24(11-12-28-33(27)37-18-34-28)32-25(22-9-7-21(8-10-22)20-5-3-2-4-6-20)14-23-15-29-30(36-17-35-29)16-26(23)31(19)32/h2-16H,17-18H2,1H3. The van der Waals surface area contributed by atoms with E-state index >= 15 is 0 Å². The van der Waals surface area contributed by atoms with Gasteiger partial charge in [-0.15, -0.1) is 0 Å². The first-order chi connectivity index (χ1) is 18.2. The molecule has 0 aromatic heterocycles. The molecule has 0 fully saturated rings. The predicted octanol–water partition coefficient (Wildman–Crippen LogP) is 8.25. The van der Waals surface area contributed by atoms with Gasteiger partial charge >= 0.3 is 0 Å². The molecule has 0 radical (unpaired) electrons. The van der Waals surface area contributed by atoms with Gasteiger partial charge in [0.15, 0.2) is 23.0 Å². The Hall–Kier alpha value is -4.70. The summed E-state index contributed by atoms with van der Waals surface area (Å²) in [5.74, 6) is 3.20. The lowest BCUT2D eigenvalue weighted by atomic mass is 9.87. The molecular weight excluding hydrogens is 460 g/mol. The Morgan fingerprint density at radius 2 is 1.22 bits per heavy atom. The monoisotopic (exact) mass is 482 g/mol. The van der Waals surface area contributed by atoms with Gasteiger partial charge in [-0.25, -0.2) is 0 Å². The second kappa shape index (κ2) is 7.65. The molecule has 0 unspecified atom stereocenters. The Morgan fingerprint density at radius 1 is 0.514 bits per heavy atom. The lowest BCUT2D eigenvalue weighted by molar-refractivity contribution is 0.174. The van der Waals surface area contributed by atoms with Crippen molar-refractivity contribution in [1.29, 1.82) is 0 Å². The van der Waals surface area contributed by atoms with E-state index in [2.05, 4.69) is 85.8 Å². The van der Waals surface area contributed by atoms with E-state index in [-0.39, 0.29) is 13.6 Å². The van der Waals surface area contributed by atoms with Crippen molar-refractivity contribution in [3.8, 4) is 45.3 Å². The average Bonchev–Trinajstić information content (AvgIpc) is 3.61. The Bertz CT molecular complexity index is 1870. The highest BCUT2D eigenvalue weighted by atomic mass is 16.7. The number of rotatable bonds is 2. The van der Waals surface area contributed by atoms with Crippen LogP contribution in [-0.2, 0) is 0 Å². The maximum absolute atomic E-state index is 5.92. The molecule has 4 heteroatoms. The quantitative estimate of drug-likeness (QED) is 0.233. The summed E-state index contributed by atoms with van der Waals surface area (Å²) in [4.78, 5) is 0. The van der Waals surface area contributed by atoms with Crippen molar-refractivity contribution in [3.63, 3.8) is 0 Å². The minimum absolute atomic E-state index is 0.251. The summed E-state index contributed by atoms with van der Waals surface area (Å²) in [7, 11) is 0. The molecule has 0 amide bonds. The van der Waals surface area contributed by atoms with Crippen LogP contribution in [0.5, 0.6) is 23.0 Å². The van der Waals surface area contributed by atoms with Gasteiger partial charge in [-0.1, -0.05) is 54.6 Å². The number of hydrogen-bond donors (Lipinski definition) is 0. The molecule has 0 N–H and O–H groups in total. The summed E-state index contributed by atoms with van der Waals surface area (Å²) in [5.41, 5.74) is 5.92. The molecule has 0 spiro atoms. The number of aryl methyl sites for hydroxylation is 1. The topological polar surface area (TPSA) is 36.9 Å². The van der Waals surface area contributed by atoms with Crippen molar-refractivity contribution in [1.82, 2.24) is 0 Å². The normalized spacial score (nSPS) is 13.6. The fraction of sp³-hybridized carbons (Fsp3) is 0.0909. The van der Waals surface area contributed by atoms with E-state index in [1.807, 2.05) is 12.1 Å². The van der Waals surface area contributed by atoms with Crippen molar-refractivity contribution < 1.29 is 18.9 Å². The summed E-state index contributed by atoms with van der Waals surface area (Å²) in [6.07, 6.45) is 0. The molecule has 2 aliphatic rings. The van der Waals surface area contributed by atoms with Gasteiger partial charge in [0.05, 0.1) is 0 Å². The lowest BCUT2D eigenvalue weighted by Crippen LogP contribution is -1.93. The van der Waals surface area contributed by atoms with Crippen molar-refractivity contribution >= 4 is 32.3 Å². The van der Waals surface area contributed by atoms with Crippen molar-refractivity contribution in [2.24, 2.45) is 0 Å². The van der Waals surface area contributed by atoms with Crippen LogP contribution in [0.2, 0.25) is 0 Å². The molecule has 2 aliphatic heterocycles. The van der Waals surface area contributed by atoms with E-state index in [1.54, 1.807) is 0 Å². The Kier molecular flexibility index (Phi) is 4.23. The molecule has 6 aromatic carbocycles. The van der Waals surface area contributed by atoms with Crippen LogP contribution in [-0.4, -0.2) is 13.6 Å². The van der Waals surface area contributed by atoms with Gasteiger partial charge in [-0.3, -0.25) is 0 Å². The largest absolute Gasteiger partial charge is 0.454 e. The average molecular weight is 483 g/mol. The van der Waals surface area contributed by atoms with Crippen molar-refractivity contribution in [2.75, 3.05) is 13.6 Å². The van der Waals surface area contributed by atoms with Gasteiger partial charge in [0, 0.05) is 5.39 Å². The second-order valence-electron chi connectivity index (χ2n) is 9.63. The third-order valence-electron chi connectivity index (χ3n) is 7.54. The van der Waals surface area contributed by atoms with Crippen LogP contribution in [0.1, 0.15) is 5.56 Å². The van der Waals surface area contributed by atoms with E-state index in [9.17, 15) is 0 Å². The second-order valence-corrected chi connectivity index (χ2v) is 9.63. The first kappa shape index (κ1) is 20.5. The SMILES string of the molecule is Cc1cc2c3c(ccc2c2c(-c4ccc(-c5ccccc5)cc4)cc4cc5c(cc4c12)OCO5)OCO3. The molecule has 37 heavy (non-hydrogen) atoms. The van der Waals surface area contributed by atoms with Crippen molar-refractivity contribution in [3.05, 3.63) is 96.6 Å². The highest BCUT2D eigenvalue weighted by molar-refractivity contribution is 6.25. The first-order valence-electron chi connectivity index (χ1n) is 12.4. The van der Waals surface area contributed by atoms with Crippen LogP contribution < -0.4 is 18.9 Å². The number of hydrogen-bond acceptors (Lipinski definition) is 4. The van der Waals surface area contributed by atoms with Crippen molar-refractivity contribution in [2.45, 2.75) is 6.92 Å². The van der Waals surface area contributed by atoms with Crippen LogP contribution >= 0.6 is 0 Å². The van der Waals surface area contributed by atoms with E-state index < -0.39 is 0 Å². The van der Waals surface area contributed by atoms with Gasteiger partial charge in [0.25, 0.3) is 0 Å². The fourth-order valence-electron chi connectivity index (χ4n) is 5.82. The van der Waals surface area contributed by atoms with E-state index in [1.165, 1.54) is 33.0 Å². The van der Waals surface area contributed by atoms with E-state index in [4.69, 9.17) is 18.9 Å². The van der Waals surface area contributed by atoms with Gasteiger partial charge < -0.3 is 18.9 Å². The zero-order chi connectivity index (χ0) is 24.5. The van der Waals surface area contributed by atoms with Crippen LogP contribution in [0.4, 0.5) is 0 Å². The van der Waals surface area contributed by atoms with Gasteiger partial charge in [-0.05, 0) is 98.1 Å². The summed E-state index contributed by atoms with van der Waals surface area (Å²) in [6, 6.07) is 32.2. The number of ether oxygens (including phenoxy) is 4. The van der Waals surface area contributed by atoms with E-state index in [0.29, 0.717) is 0 Å². The molecule has 178 valence electrons. The molecule has 2 heterocycles. The molecule has 0 bridgehead atoms. The van der Waals surface area contributed by atoms with E-state index in [0.717, 1.165) is 50.1 Å². The Balaban J connectivity index is 1.47. The molecule has 6 aromatic rings. The van der Waals surface area contributed by atoms with Crippen LogP contribution in [0.15, 0.2) is 91.0 Å². The highest BCUT2D eigenvalue weighted by Gasteiger charge is 2.23. The summed E-state index contributed by atoms with van der Waals surface area (Å²) >= 11 is 0. The predicted molar refractivity (Wildman–Crippen MR) is 147 cm³/mol. The molecule has 8 rings (SSSR count). The molecule has 0 aliphatic carbocycles. The molecular formula is C33H22O4. The Morgan fingerprint density at radius 3 is 2.05 bits per heavy atom. The fourth-order valence-corrected chi connectivity index (χ4v) is 5.82. The third kappa shape index (κ3) is 3.02. The number of benzene rings is 6. The van der Waals surface area contributed by atoms with Crippen LogP contribution in [0.25, 0.3) is 54.6 Å². The third-order valence-corrected chi connectivity index (χ3v) is 7.54. The maximum atomic E-state index is 5.92. The summed E-state index contributed by atoms with van der Waals surface area (Å²) in [5, 5.41) is 6.91. The maximum Gasteiger partial charge on any atom is 0.231 e. The Labute approximate surface area is 213 Å². The highest BCUT2D eigenvalue weighted by Crippen LogP contribution is 2.48. The van der Waals surface area contributed by atoms with Gasteiger partial charge in [0.1, 0.15) is 0 Å². The minimum atomic E-state index is 0.251. The zero-order valence-corrected chi connectivity index (χ0v) is 20.2. The summed E-state index contributed by atoms with van der Waals surface area (Å²) in [6.45, 7) is 2.67. The zero-order valence-electron chi connectivity index (χ0n) is 20.2. The minimum Gasteiger partial charge on any atom is -0.454 e.